The number of fused-ring (bicyclic) bond motifs is 1. The number of carbonyl (C=O) groups is 2. The van der Waals surface area contributed by atoms with E-state index in [4.69, 9.17) is 23.2 Å². The summed E-state index contributed by atoms with van der Waals surface area (Å²) in [6.07, 6.45) is 1.51. The molecule has 2 amide bonds. The van der Waals surface area contributed by atoms with Gasteiger partial charge in [-0.2, -0.15) is 0 Å². The minimum Gasteiger partial charge on any atom is -0.322 e. The molecule has 0 saturated carbocycles. The van der Waals surface area contributed by atoms with Crippen LogP contribution in [0.5, 0.6) is 0 Å². The van der Waals surface area contributed by atoms with E-state index in [9.17, 15) is 18.0 Å². The summed E-state index contributed by atoms with van der Waals surface area (Å²) in [5, 5.41) is 3.30. The van der Waals surface area contributed by atoms with Crippen LogP contribution in [0.1, 0.15) is 30.6 Å². The third kappa shape index (κ3) is 4.42. The maximum Gasteiger partial charge on any atom is 0.260 e. The van der Waals surface area contributed by atoms with Gasteiger partial charge in [-0.1, -0.05) is 37.0 Å². The number of carbonyl (C=O) groups excluding carboxylic acids is 2. The Labute approximate surface area is 179 Å². The van der Waals surface area contributed by atoms with Crippen molar-refractivity contribution < 1.29 is 18.0 Å². The highest BCUT2D eigenvalue weighted by Crippen LogP contribution is 2.37. The van der Waals surface area contributed by atoms with E-state index in [0.717, 1.165) is 6.26 Å². The van der Waals surface area contributed by atoms with Gasteiger partial charge >= 0.3 is 0 Å². The van der Waals surface area contributed by atoms with Gasteiger partial charge in [-0.25, -0.2) is 8.42 Å². The van der Waals surface area contributed by atoms with Gasteiger partial charge in [0.05, 0.1) is 26.9 Å². The average molecular weight is 455 g/mol. The Morgan fingerprint density at radius 3 is 2.45 bits per heavy atom. The first kappa shape index (κ1) is 21.6. The summed E-state index contributed by atoms with van der Waals surface area (Å²) >= 11 is 12.2. The summed E-state index contributed by atoms with van der Waals surface area (Å²) in [5.41, 5.74) is 0.882. The van der Waals surface area contributed by atoms with Crippen molar-refractivity contribution in [1.82, 2.24) is 0 Å². The third-order valence-corrected chi connectivity index (χ3v) is 6.26. The van der Waals surface area contributed by atoms with Crippen molar-refractivity contribution in [2.24, 2.45) is 5.92 Å². The van der Waals surface area contributed by atoms with Crippen LogP contribution in [0.2, 0.25) is 10.0 Å². The fraction of sp³-hybridized carbons (Fsp3) is 0.300. The second-order valence-electron chi connectivity index (χ2n) is 7.39. The van der Waals surface area contributed by atoms with Crippen LogP contribution in [-0.2, 0) is 14.6 Å². The zero-order valence-corrected chi connectivity index (χ0v) is 18.4. The molecule has 0 aliphatic carbocycles. The van der Waals surface area contributed by atoms with Crippen LogP contribution < -0.4 is 10.2 Å². The van der Waals surface area contributed by atoms with E-state index in [0.29, 0.717) is 17.1 Å². The molecular weight excluding hydrogens is 435 g/mol. The summed E-state index contributed by atoms with van der Waals surface area (Å²) in [7, 11) is -3.48. The van der Waals surface area contributed by atoms with Gasteiger partial charge in [0.2, 0.25) is 5.91 Å². The number of halogens is 2. The van der Waals surface area contributed by atoms with E-state index in [1.54, 1.807) is 6.07 Å². The van der Waals surface area contributed by atoms with Crippen molar-refractivity contribution in [2.75, 3.05) is 16.5 Å². The van der Waals surface area contributed by atoms with E-state index in [-0.39, 0.29) is 33.0 Å². The molecule has 2 aromatic rings. The Balaban J connectivity index is 2.16. The Morgan fingerprint density at radius 1 is 1.17 bits per heavy atom. The molecule has 1 aliphatic rings. The topological polar surface area (TPSA) is 83.6 Å². The molecule has 0 spiro atoms. The molecule has 2 aromatic carbocycles. The summed E-state index contributed by atoms with van der Waals surface area (Å²) < 4.78 is 23.8. The lowest BCUT2D eigenvalue weighted by molar-refractivity contribution is -0.117. The van der Waals surface area contributed by atoms with E-state index >= 15 is 0 Å². The quantitative estimate of drug-likeness (QED) is 0.741. The van der Waals surface area contributed by atoms with Crippen LogP contribution in [0.3, 0.4) is 0 Å². The van der Waals surface area contributed by atoms with Crippen LogP contribution in [-0.4, -0.2) is 32.5 Å². The van der Waals surface area contributed by atoms with Gasteiger partial charge in [0.15, 0.2) is 9.84 Å². The standard InChI is InChI=1S/C20H20Cl2N2O4S/c1-11(2)8-18-19(25)23-16-10-13(29(3,27)28)5-7-17(16)24(18)20(26)14-6-4-12(21)9-15(14)22/h4-7,9-11,18H,8H2,1-3H3,(H,23,25)/t18-/m0/s1. The zero-order valence-electron chi connectivity index (χ0n) is 16.1. The first-order valence-corrected chi connectivity index (χ1v) is 11.6. The van der Waals surface area contributed by atoms with Gasteiger partial charge in [0.25, 0.3) is 5.91 Å². The number of anilines is 2. The van der Waals surface area contributed by atoms with E-state index < -0.39 is 21.8 Å². The molecule has 0 unspecified atom stereocenters. The highest BCUT2D eigenvalue weighted by atomic mass is 35.5. The van der Waals surface area contributed by atoms with Crippen LogP contribution in [0, 0.1) is 5.92 Å². The number of sulfone groups is 1. The molecule has 0 radical (unpaired) electrons. The van der Waals surface area contributed by atoms with Crippen LogP contribution in [0.25, 0.3) is 0 Å². The molecule has 29 heavy (non-hydrogen) atoms. The SMILES string of the molecule is CC(C)C[C@H]1C(=O)Nc2cc(S(C)(=O)=O)ccc2N1C(=O)c1ccc(Cl)cc1Cl. The van der Waals surface area contributed by atoms with Crippen molar-refractivity contribution in [2.45, 2.75) is 31.2 Å². The second kappa shape index (κ2) is 7.97. The van der Waals surface area contributed by atoms with Gasteiger partial charge in [0.1, 0.15) is 6.04 Å². The molecule has 6 nitrogen and oxygen atoms in total. The predicted octanol–water partition coefficient (Wildman–Crippen LogP) is 4.41. The fourth-order valence-electron chi connectivity index (χ4n) is 3.26. The summed E-state index contributed by atoms with van der Waals surface area (Å²) in [5.74, 6) is -0.700. The van der Waals surface area contributed by atoms with Crippen LogP contribution in [0.4, 0.5) is 11.4 Å². The van der Waals surface area contributed by atoms with Crippen molar-refractivity contribution in [3.05, 3.63) is 52.0 Å². The summed E-state index contributed by atoms with van der Waals surface area (Å²) in [6.45, 7) is 3.90. The molecule has 1 aliphatic heterocycles. The fourth-order valence-corrected chi connectivity index (χ4v) is 4.40. The maximum atomic E-state index is 13.4. The Kier molecular flexibility index (Phi) is 5.94. The summed E-state index contributed by atoms with van der Waals surface area (Å²) in [6, 6.07) is 8.07. The van der Waals surface area contributed by atoms with Crippen molar-refractivity contribution in [3.8, 4) is 0 Å². The third-order valence-electron chi connectivity index (χ3n) is 4.60. The monoisotopic (exact) mass is 454 g/mol. The average Bonchev–Trinajstić information content (AvgIpc) is 2.60. The van der Waals surface area contributed by atoms with E-state index in [1.165, 1.54) is 35.2 Å². The number of hydrogen-bond donors (Lipinski definition) is 1. The Morgan fingerprint density at radius 2 is 1.86 bits per heavy atom. The molecule has 1 N–H and O–H groups in total. The molecule has 0 saturated heterocycles. The molecule has 154 valence electrons. The Hall–Kier alpha value is -2.09. The molecule has 9 heteroatoms. The summed E-state index contributed by atoms with van der Waals surface area (Å²) in [4.78, 5) is 27.7. The van der Waals surface area contributed by atoms with Crippen LogP contribution in [0.15, 0.2) is 41.3 Å². The number of nitrogens with one attached hydrogen (secondary N) is 1. The van der Waals surface area contributed by atoms with Crippen LogP contribution >= 0.6 is 23.2 Å². The normalized spacial score (nSPS) is 16.6. The first-order valence-electron chi connectivity index (χ1n) is 8.92. The highest BCUT2D eigenvalue weighted by Gasteiger charge is 2.38. The van der Waals surface area contributed by atoms with Gasteiger partial charge in [0, 0.05) is 11.3 Å². The molecule has 0 bridgehead atoms. The molecular formula is C20H20Cl2N2O4S. The molecule has 1 atom stereocenters. The Bertz CT molecular complexity index is 1100. The lowest BCUT2D eigenvalue weighted by atomic mass is 9.97. The molecule has 1 heterocycles. The van der Waals surface area contributed by atoms with Crippen molar-refractivity contribution >= 4 is 56.2 Å². The smallest absolute Gasteiger partial charge is 0.260 e. The number of nitrogens with zero attached hydrogens (tertiary/aromatic N) is 1. The lowest BCUT2D eigenvalue weighted by Gasteiger charge is -2.37. The maximum absolute atomic E-state index is 13.4. The van der Waals surface area contributed by atoms with Gasteiger partial charge < -0.3 is 5.32 Å². The minimum atomic E-state index is -3.48. The van der Waals surface area contributed by atoms with Gasteiger partial charge in [-0.15, -0.1) is 0 Å². The minimum absolute atomic E-state index is 0.0517. The van der Waals surface area contributed by atoms with E-state index in [2.05, 4.69) is 5.32 Å². The number of benzene rings is 2. The zero-order chi connectivity index (χ0) is 21.5. The second-order valence-corrected chi connectivity index (χ2v) is 10.2. The van der Waals surface area contributed by atoms with Gasteiger partial charge in [-0.05, 0) is 48.7 Å². The lowest BCUT2D eigenvalue weighted by Crippen LogP contribution is -2.51. The predicted molar refractivity (Wildman–Crippen MR) is 115 cm³/mol. The molecule has 0 fully saturated rings. The molecule has 3 rings (SSSR count). The number of rotatable bonds is 4. The first-order chi connectivity index (χ1) is 13.5. The van der Waals surface area contributed by atoms with Crippen molar-refractivity contribution in [3.63, 3.8) is 0 Å². The highest BCUT2D eigenvalue weighted by molar-refractivity contribution is 7.90. The number of amides is 2. The van der Waals surface area contributed by atoms with E-state index in [1.807, 2.05) is 13.8 Å². The largest absolute Gasteiger partial charge is 0.322 e. The van der Waals surface area contributed by atoms with Crippen molar-refractivity contribution in [1.29, 1.82) is 0 Å². The van der Waals surface area contributed by atoms with Gasteiger partial charge in [-0.3, -0.25) is 14.5 Å². The number of hydrogen-bond acceptors (Lipinski definition) is 4. The molecule has 0 aromatic heterocycles.